The molecule has 9 heteroatoms. The van der Waals surface area contributed by atoms with Gasteiger partial charge < -0.3 is 42.6 Å². The molecule has 0 rings (SSSR count). The Labute approximate surface area is 208 Å². The van der Waals surface area contributed by atoms with Crippen LogP contribution in [0.1, 0.15) is 48.5 Å². The van der Waals surface area contributed by atoms with E-state index in [4.69, 9.17) is 42.6 Å². The van der Waals surface area contributed by atoms with Gasteiger partial charge in [0.1, 0.15) is 12.2 Å². The van der Waals surface area contributed by atoms with Crippen LogP contribution in [0, 0.1) is 0 Å². The van der Waals surface area contributed by atoms with Crippen LogP contribution >= 0.6 is 0 Å². The molecule has 2 unspecified atom stereocenters. The van der Waals surface area contributed by atoms with E-state index in [9.17, 15) is 0 Å². The molecule has 0 aromatic rings. The Morgan fingerprint density at radius 1 is 0.500 bits per heavy atom. The summed E-state index contributed by atoms with van der Waals surface area (Å²) in [5.74, 6) is 0. The van der Waals surface area contributed by atoms with Crippen LogP contribution < -0.4 is 0 Å². The van der Waals surface area contributed by atoms with E-state index in [0.717, 1.165) is 0 Å². The second kappa shape index (κ2) is 21.9. The normalized spacial score (nSPS) is 14.3. The van der Waals surface area contributed by atoms with Crippen molar-refractivity contribution in [1.82, 2.24) is 0 Å². The van der Waals surface area contributed by atoms with E-state index < -0.39 is 0 Å². The van der Waals surface area contributed by atoms with Crippen LogP contribution in [0.4, 0.5) is 0 Å². The van der Waals surface area contributed by atoms with Crippen LogP contribution in [0.5, 0.6) is 0 Å². The minimum atomic E-state index is -0.218. The first-order valence-corrected chi connectivity index (χ1v) is 12.5. The Kier molecular flexibility index (Phi) is 21.7. The number of hydrogen-bond donors (Lipinski definition) is 0. The predicted octanol–water partition coefficient (Wildman–Crippen LogP) is 3.12. The van der Waals surface area contributed by atoms with Crippen molar-refractivity contribution in [2.75, 3.05) is 86.4 Å². The summed E-state index contributed by atoms with van der Waals surface area (Å²) in [4.78, 5) is 0. The predicted molar refractivity (Wildman–Crippen MR) is 132 cm³/mol. The standard InChI is InChI=1S/C25H52O9/c1-21(2)30-12-14-32-23(17-27-10-9-26-8)19-29-20-24(33-15-13-31-22(3)4)18-28-11-16-34-25(5,6)7/h21-24H,9-20H2,1-8H3. The largest absolute Gasteiger partial charge is 0.382 e. The fraction of sp³-hybridized carbons (Fsp3) is 1.00. The van der Waals surface area contributed by atoms with Gasteiger partial charge in [-0.1, -0.05) is 0 Å². The highest BCUT2D eigenvalue weighted by atomic mass is 16.6. The summed E-state index contributed by atoms with van der Waals surface area (Å²) < 4.78 is 51.0. The third-order valence-corrected chi connectivity index (χ3v) is 4.19. The van der Waals surface area contributed by atoms with Gasteiger partial charge in [-0.25, -0.2) is 0 Å². The zero-order chi connectivity index (χ0) is 25.7. The van der Waals surface area contributed by atoms with Crippen molar-refractivity contribution < 1.29 is 42.6 Å². The molecule has 0 aliphatic carbocycles. The minimum absolute atomic E-state index is 0.166. The lowest BCUT2D eigenvalue weighted by Gasteiger charge is -2.23. The minimum Gasteiger partial charge on any atom is -0.382 e. The molecule has 0 aliphatic rings. The number of rotatable bonds is 24. The monoisotopic (exact) mass is 496 g/mol. The SMILES string of the molecule is COCCOCC(COCC(COCCOC(C)(C)C)OCCOC(C)C)OCCOC(C)C. The molecule has 0 amide bonds. The second-order valence-corrected chi connectivity index (χ2v) is 9.47. The Bertz CT molecular complexity index is 427. The Hall–Kier alpha value is -0.360. The van der Waals surface area contributed by atoms with Crippen molar-refractivity contribution in [2.24, 2.45) is 0 Å². The van der Waals surface area contributed by atoms with Gasteiger partial charge in [0.25, 0.3) is 0 Å². The van der Waals surface area contributed by atoms with Crippen LogP contribution in [0.15, 0.2) is 0 Å². The molecule has 206 valence electrons. The maximum absolute atomic E-state index is 5.94. The Morgan fingerprint density at radius 2 is 0.912 bits per heavy atom. The first kappa shape index (κ1) is 33.6. The van der Waals surface area contributed by atoms with Gasteiger partial charge in [-0.3, -0.25) is 0 Å². The van der Waals surface area contributed by atoms with E-state index in [2.05, 4.69) is 0 Å². The van der Waals surface area contributed by atoms with Crippen LogP contribution in [-0.2, 0) is 42.6 Å². The molecular formula is C25H52O9. The molecule has 2 atom stereocenters. The van der Waals surface area contributed by atoms with E-state index in [1.54, 1.807) is 7.11 Å². The Morgan fingerprint density at radius 3 is 1.32 bits per heavy atom. The molecule has 0 saturated heterocycles. The molecule has 0 aromatic carbocycles. The molecule has 0 bridgehead atoms. The molecule has 34 heavy (non-hydrogen) atoms. The second-order valence-electron chi connectivity index (χ2n) is 9.47. The molecule has 0 fully saturated rings. The van der Waals surface area contributed by atoms with Gasteiger partial charge in [0.05, 0.1) is 97.1 Å². The van der Waals surface area contributed by atoms with Crippen molar-refractivity contribution in [3.8, 4) is 0 Å². The zero-order valence-electron chi connectivity index (χ0n) is 23.0. The third kappa shape index (κ3) is 24.8. The van der Waals surface area contributed by atoms with Gasteiger partial charge in [0.15, 0.2) is 0 Å². The lowest BCUT2D eigenvalue weighted by Crippen LogP contribution is -2.33. The van der Waals surface area contributed by atoms with Crippen LogP contribution in [-0.4, -0.2) is 116 Å². The van der Waals surface area contributed by atoms with Crippen molar-refractivity contribution in [2.45, 2.75) is 78.5 Å². The molecule has 0 N–H and O–H groups in total. The van der Waals surface area contributed by atoms with Crippen molar-refractivity contribution in [1.29, 1.82) is 0 Å². The summed E-state index contributed by atoms with van der Waals surface area (Å²) in [6.45, 7) is 19.7. The lowest BCUT2D eigenvalue weighted by atomic mass is 10.2. The summed E-state index contributed by atoms with van der Waals surface area (Å²) in [6.07, 6.45) is -0.0919. The van der Waals surface area contributed by atoms with Crippen LogP contribution in [0.25, 0.3) is 0 Å². The van der Waals surface area contributed by atoms with Gasteiger partial charge >= 0.3 is 0 Å². The first-order chi connectivity index (χ1) is 16.1. The van der Waals surface area contributed by atoms with Crippen molar-refractivity contribution in [3.05, 3.63) is 0 Å². The molecule has 0 aromatic heterocycles. The van der Waals surface area contributed by atoms with E-state index in [1.807, 2.05) is 48.5 Å². The topological polar surface area (TPSA) is 83.1 Å². The van der Waals surface area contributed by atoms with Gasteiger partial charge in [-0.15, -0.1) is 0 Å². The summed E-state index contributed by atoms with van der Waals surface area (Å²) in [6, 6.07) is 0. The summed E-state index contributed by atoms with van der Waals surface area (Å²) in [5, 5.41) is 0. The quantitative estimate of drug-likeness (QED) is 0.187. The molecule has 0 spiro atoms. The molecule has 0 aliphatic heterocycles. The fourth-order valence-corrected chi connectivity index (χ4v) is 2.60. The van der Waals surface area contributed by atoms with Gasteiger partial charge in [0, 0.05) is 7.11 Å². The highest BCUT2D eigenvalue weighted by molar-refractivity contribution is 4.61. The summed E-state index contributed by atoms with van der Waals surface area (Å²) in [5.41, 5.74) is -0.183. The highest BCUT2D eigenvalue weighted by Crippen LogP contribution is 2.06. The van der Waals surface area contributed by atoms with E-state index in [0.29, 0.717) is 79.3 Å². The number of methoxy groups -OCH3 is 1. The Balaban J connectivity index is 4.47. The summed E-state index contributed by atoms with van der Waals surface area (Å²) in [7, 11) is 1.65. The van der Waals surface area contributed by atoms with Crippen LogP contribution in [0.2, 0.25) is 0 Å². The average Bonchev–Trinajstić information content (AvgIpc) is 2.74. The average molecular weight is 497 g/mol. The van der Waals surface area contributed by atoms with Gasteiger partial charge in [-0.2, -0.15) is 0 Å². The van der Waals surface area contributed by atoms with E-state index in [1.165, 1.54) is 0 Å². The van der Waals surface area contributed by atoms with E-state index in [-0.39, 0.29) is 30.0 Å². The highest BCUT2D eigenvalue weighted by Gasteiger charge is 2.15. The maximum atomic E-state index is 5.94. The zero-order valence-corrected chi connectivity index (χ0v) is 23.0. The number of ether oxygens (including phenoxy) is 9. The summed E-state index contributed by atoms with van der Waals surface area (Å²) >= 11 is 0. The smallest absolute Gasteiger partial charge is 0.104 e. The van der Waals surface area contributed by atoms with E-state index >= 15 is 0 Å². The fourth-order valence-electron chi connectivity index (χ4n) is 2.60. The van der Waals surface area contributed by atoms with Crippen LogP contribution in [0.3, 0.4) is 0 Å². The van der Waals surface area contributed by atoms with Gasteiger partial charge in [-0.05, 0) is 48.5 Å². The van der Waals surface area contributed by atoms with Crippen molar-refractivity contribution in [3.63, 3.8) is 0 Å². The molecule has 0 saturated carbocycles. The molecule has 0 heterocycles. The number of hydrogen-bond acceptors (Lipinski definition) is 9. The third-order valence-electron chi connectivity index (χ3n) is 4.19. The van der Waals surface area contributed by atoms with Gasteiger partial charge in [0.2, 0.25) is 0 Å². The first-order valence-electron chi connectivity index (χ1n) is 12.5. The van der Waals surface area contributed by atoms with Crippen molar-refractivity contribution >= 4 is 0 Å². The lowest BCUT2D eigenvalue weighted by molar-refractivity contribution is -0.113. The molecule has 9 nitrogen and oxygen atoms in total. The maximum Gasteiger partial charge on any atom is 0.104 e. The molecular weight excluding hydrogens is 444 g/mol. The molecule has 0 radical (unpaired) electrons.